The molecular weight excluding hydrogens is 334 g/mol. The monoisotopic (exact) mass is 351 g/mol. The van der Waals surface area contributed by atoms with Gasteiger partial charge in [0.2, 0.25) is 0 Å². The molecule has 0 spiro atoms. The van der Waals surface area contributed by atoms with Crippen LogP contribution in [-0.2, 0) is 0 Å². The molecule has 0 bridgehead atoms. The van der Waals surface area contributed by atoms with Gasteiger partial charge in [0.05, 0.1) is 27.9 Å². The maximum absolute atomic E-state index is 3.79. The minimum atomic E-state index is 0.348. The summed E-state index contributed by atoms with van der Waals surface area (Å²) in [5.74, 6) is 0. The Kier molecular flexibility index (Phi) is 3.05. The molecule has 2 aromatic rings. The first-order valence-electron chi connectivity index (χ1n) is 7.62. The first-order valence-corrected chi connectivity index (χ1v) is 8.33. The van der Waals surface area contributed by atoms with Crippen molar-refractivity contribution in [2.75, 3.05) is 3.93 Å². The summed E-state index contributed by atoms with van der Waals surface area (Å²) < 4.78 is 2.24. The van der Waals surface area contributed by atoms with Crippen molar-refractivity contribution in [1.29, 1.82) is 0 Å². The number of aryl methyl sites for hydroxylation is 1. The second-order valence-electron chi connectivity index (χ2n) is 6.23. The Morgan fingerprint density at radius 2 is 1.68 bits per heavy atom. The smallest absolute Gasteiger partial charge is 0.0876 e. The van der Waals surface area contributed by atoms with Gasteiger partial charge in [-0.3, -0.25) is 3.93 Å². The third-order valence-electron chi connectivity index (χ3n) is 4.89. The zero-order valence-electron chi connectivity index (χ0n) is 13.0. The second kappa shape index (κ2) is 4.85. The number of hydrogen-bond donors (Lipinski definition) is 0. The molecule has 1 heterocycles. The molecule has 110 valence electrons. The molecule has 1 nitrogen and oxygen atoms in total. The summed E-state index contributed by atoms with van der Waals surface area (Å²) in [6.07, 6.45) is 2.34. The van der Waals surface area contributed by atoms with Crippen molar-refractivity contribution in [3.8, 4) is 11.1 Å². The fraction of sp³-hybridized carbons (Fsp3) is 0.200. The summed E-state index contributed by atoms with van der Waals surface area (Å²) in [7, 11) is 0. The molecule has 0 saturated carbocycles. The van der Waals surface area contributed by atoms with Gasteiger partial charge in [0.1, 0.15) is 0 Å². The van der Waals surface area contributed by atoms with E-state index in [4.69, 9.17) is 0 Å². The van der Waals surface area contributed by atoms with Crippen LogP contribution in [-0.4, -0.2) is 6.04 Å². The highest BCUT2D eigenvalue weighted by Gasteiger charge is 2.37. The van der Waals surface area contributed by atoms with Gasteiger partial charge in [-0.25, -0.2) is 0 Å². The minimum Gasteiger partial charge on any atom is -0.297 e. The molecule has 2 heteroatoms. The lowest BCUT2D eigenvalue weighted by atomic mass is 9.94. The quantitative estimate of drug-likeness (QED) is 0.578. The Morgan fingerprint density at radius 1 is 0.955 bits per heavy atom. The lowest BCUT2D eigenvalue weighted by molar-refractivity contribution is 1.02. The van der Waals surface area contributed by atoms with E-state index in [1.807, 2.05) is 0 Å². The first kappa shape index (κ1) is 13.8. The summed E-state index contributed by atoms with van der Waals surface area (Å²) >= 11 is 3.79. The fourth-order valence-corrected chi connectivity index (χ4v) is 4.38. The van der Waals surface area contributed by atoms with Crippen LogP contribution in [0.1, 0.15) is 25.0 Å². The first-order chi connectivity index (χ1) is 10.6. The zero-order valence-corrected chi connectivity index (χ0v) is 14.6. The number of benzene rings is 2. The molecule has 0 amide bonds. The van der Waals surface area contributed by atoms with Crippen LogP contribution in [0.25, 0.3) is 16.7 Å². The topological polar surface area (TPSA) is 3.24 Å². The van der Waals surface area contributed by atoms with Crippen LogP contribution in [0.3, 0.4) is 0 Å². The molecule has 1 aliphatic heterocycles. The summed E-state index contributed by atoms with van der Waals surface area (Å²) in [6.45, 7) is 6.63. The Balaban J connectivity index is 1.91. The summed E-state index contributed by atoms with van der Waals surface area (Å²) in [6, 6.07) is 15.6. The molecule has 1 aliphatic carbocycles. The SMILES string of the molecule is CC1=C(C)C2C(=C1)c1cc(-c3ccccc3)c(C)cc1N2Br. The van der Waals surface area contributed by atoms with E-state index in [1.165, 1.54) is 44.7 Å². The average Bonchev–Trinajstić information content (AvgIpc) is 2.96. The number of allylic oxidation sites excluding steroid dienone is 2. The van der Waals surface area contributed by atoms with E-state index in [-0.39, 0.29) is 0 Å². The van der Waals surface area contributed by atoms with Crippen LogP contribution in [0.15, 0.2) is 59.7 Å². The molecule has 0 aromatic heterocycles. The largest absolute Gasteiger partial charge is 0.297 e. The number of hydrogen-bond acceptors (Lipinski definition) is 1. The van der Waals surface area contributed by atoms with Gasteiger partial charge in [-0.2, -0.15) is 0 Å². The van der Waals surface area contributed by atoms with Crippen LogP contribution in [0, 0.1) is 6.92 Å². The second-order valence-corrected chi connectivity index (χ2v) is 6.99. The highest BCUT2D eigenvalue weighted by Crippen LogP contribution is 2.50. The maximum atomic E-state index is 3.79. The fourth-order valence-electron chi connectivity index (χ4n) is 3.56. The number of rotatable bonds is 1. The van der Waals surface area contributed by atoms with Crippen molar-refractivity contribution in [1.82, 2.24) is 0 Å². The van der Waals surface area contributed by atoms with E-state index in [9.17, 15) is 0 Å². The molecule has 0 N–H and O–H groups in total. The van der Waals surface area contributed by atoms with Gasteiger partial charge in [-0.1, -0.05) is 36.4 Å². The third kappa shape index (κ3) is 1.83. The van der Waals surface area contributed by atoms with Crippen molar-refractivity contribution < 1.29 is 0 Å². The van der Waals surface area contributed by atoms with Gasteiger partial charge in [0.25, 0.3) is 0 Å². The van der Waals surface area contributed by atoms with Crippen molar-refractivity contribution in [3.63, 3.8) is 0 Å². The Labute approximate surface area is 140 Å². The highest BCUT2D eigenvalue weighted by molar-refractivity contribution is 9.10. The molecule has 0 radical (unpaired) electrons. The molecule has 1 atom stereocenters. The minimum absolute atomic E-state index is 0.348. The average molecular weight is 352 g/mol. The standard InChI is InChI=1S/C20H18BrN/c1-12-9-18-17-11-16(15-7-5-4-6-8-15)13(2)10-19(17)22(21)20(18)14(12)3/h4-11,20H,1-3H3. The van der Waals surface area contributed by atoms with Gasteiger partial charge >= 0.3 is 0 Å². The van der Waals surface area contributed by atoms with Crippen molar-refractivity contribution >= 4 is 27.4 Å². The number of anilines is 1. The van der Waals surface area contributed by atoms with Gasteiger partial charge in [0, 0.05) is 5.56 Å². The predicted molar refractivity (Wildman–Crippen MR) is 98.2 cm³/mol. The van der Waals surface area contributed by atoms with E-state index in [0.29, 0.717) is 6.04 Å². The Morgan fingerprint density at radius 3 is 2.41 bits per heavy atom. The highest BCUT2D eigenvalue weighted by atomic mass is 79.9. The molecule has 22 heavy (non-hydrogen) atoms. The number of fused-ring (bicyclic) bond motifs is 3. The lowest BCUT2D eigenvalue weighted by Gasteiger charge is -2.20. The van der Waals surface area contributed by atoms with Crippen LogP contribution in [0.5, 0.6) is 0 Å². The summed E-state index contributed by atoms with van der Waals surface area (Å²) in [4.78, 5) is 0. The van der Waals surface area contributed by atoms with E-state index >= 15 is 0 Å². The van der Waals surface area contributed by atoms with E-state index in [2.05, 4.69) is 89.4 Å². The van der Waals surface area contributed by atoms with Crippen LogP contribution in [0.2, 0.25) is 0 Å². The molecule has 1 unspecified atom stereocenters. The van der Waals surface area contributed by atoms with E-state index in [0.717, 1.165) is 0 Å². The van der Waals surface area contributed by atoms with Crippen LogP contribution in [0.4, 0.5) is 5.69 Å². The normalized spacial score (nSPS) is 19.4. The molecule has 2 aliphatic rings. The molecule has 0 saturated heterocycles. The third-order valence-corrected chi connectivity index (χ3v) is 5.69. The van der Waals surface area contributed by atoms with E-state index in [1.54, 1.807) is 0 Å². The Bertz CT molecular complexity index is 830. The van der Waals surface area contributed by atoms with Crippen molar-refractivity contribution in [2.24, 2.45) is 0 Å². The van der Waals surface area contributed by atoms with Gasteiger partial charge in [0.15, 0.2) is 0 Å². The van der Waals surface area contributed by atoms with Crippen LogP contribution < -0.4 is 3.93 Å². The number of nitrogens with zero attached hydrogens (tertiary/aromatic N) is 1. The van der Waals surface area contributed by atoms with Crippen molar-refractivity contribution in [2.45, 2.75) is 26.8 Å². The molecule has 4 rings (SSSR count). The van der Waals surface area contributed by atoms with Gasteiger partial charge in [-0.15, -0.1) is 0 Å². The van der Waals surface area contributed by atoms with Gasteiger partial charge < -0.3 is 0 Å². The zero-order chi connectivity index (χ0) is 15.4. The van der Waals surface area contributed by atoms with E-state index < -0.39 is 0 Å². The summed E-state index contributed by atoms with van der Waals surface area (Å²) in [5, 5.41) is 0. The van der Waals surface area contributed by atoms with Gasteiger partial charge in [-0.05, 0) is 66.3 Å². The summed E-state index contributed by atoms with van der Waals surface area (Å²) in [5.41, 5.74) is 10.8. The molecule has 0 fully saturated rings. The number of halogens is 1. The maximum Gasteiger partial charge on any atom is 0.0876 e. The predicted octanol–water partition coefficient (Wildman–Crippen LogP) is 5.89. The Hall–Kier alpha value is -1.80. The molecule has 2 aromatic carbocycles. The molecular formula is C20H18BrN. The lowest BCUT2D eigenvalue weighted by Crippen LogP contribution is -2.21. The van der Waals surface area contributed by atoms with Crippen molar-refractivity contribution in [3.05, 3.63) is 70.8 Å². The van der Waals surface area contributed by atoms with Crippen LogP contribution >= 0.6 is 16.1 Å².